The normalized spacial score (nSPS) is 20.9. The van der Waals surface area contributed by atoms with E-state index < -0.39 is 35.5 Å². The molecule has 0 bridgehead atoms. The molecule has 0 spiro atoms. The lowest BCUT2D eigenvalue weighted by molar-refractivity contribution is -0.145. The molecule has 36 heavy (non-hydrogen) atoms. The minimum absolute atomic E-state index is 0.0536. The first-order valence-electron chi connectivity index (χ1n) is 11.8. The largest absolute Gasteiger partial charge is 0.481 e. The number of likely N-dealkylation sites (tertiary alicyclic amines) is 1. The monoisotopic (exact) mass is 506 g/mol. The van der Waals surface area contributed by atoms with Crippen LogP contribution < -0.4 is 10.6 Å². The minimum Gasteiger partial charge on any atom is -0.481 e. The minimum atomic E-state index is -4.67. The molecule has 9 nitrogen and oxygen atoms in total. The highest BCUT2D eigenvalue weighted by Gasteiger charge is 2.39. The van der Waals surface area contributed by atoms with E-state index in [9.17, 15) is 22.8 Å². The molecule has 1 saturated carbocycles. The van der Waals surface area contributed by atoms with Crippen LogP contribution in [0.5, 0.6) is 0 Å². The molecule has 1 aromatic carbocycles. The summed E-state index contributed by atoms with van der Waals surface area (Å²) in [4.78, 5) is 35.7. The highest BCUT2D eigenvalue weighted by molar-refractivity contribution is 5.94. The number of halogens is 3. The van der Waals surface area contributed by atoms with Crippen LogP contribution >= 0.6 is 0 Å². The van der Waals surface area contributed by atoms with Crippen LogP contribution in [0, 0.1) is 5.92 Å². The van der Waals surface area contributed by atoms with E-state index in [4.69, 9.17) is 5.11 Å². The quantitative estimate of drug-likeness (QED) is 0.522. The zero-order valence-electron chi connectivity index (χ0n) is 20.0. The summed E-state index contributed by atoms with van der Waals surface area (Å²) in [6.07, 6.45) is -1.70. The number of anilines is 3. The fraction of sp³-hybridized carbons (Fsp3) is 0.500. The predicted molar refractivity (Wildman–Crippen MR) is 127 cm³/mol. The van der Waals surface area contributed by atoms with Crippen molar-refractivity contribution in [1.29, 1.82) is 0 Å². The first kappa shape index (κ1) is 25.7. The van der Waals surface area contributed by atoms with Gasteiger partial charge in [0.25, 0.3) is 5.91 Å². The summed E-state index contributed by atoms with van der Waals surface area (Å²) in [7, 11) is 3.86. The third-order valence-electron chi connectivity index (χ3n) is 6.87. The van der Waals surface area contributed by atoms with Crippen molar-refractivity contribution in [3.8, 4) is 0 Å². The molecule has 0 unspecified atom stereocenters. The van der Waals surface area contributed by atoms with Crippen molar-refractivity contribution in [3.63, 3.8) is 0 Å². The van der Waals surface area contributed by atoms with Crippen LogP contribution in [0.15, 0.2) is 30.5 Å². The van der Waals surface area contributed by atoms with Gasteiger partial charge in [0, 0.05) is 36.6 Å². The van der Waals surface area contributed by atoms with E-state index in [0.717, 1.165) is 25.9 Å². The molecular weight excluding hydrogens is 477 g/mol. The summed E-state index contributed by atoms with van der Waals surface area (Å²) >= 11 is 0. The highest BCUT2D eigenvalue weighted by Crippen LogP contribution is 2.37. The number of carboxylic acid groups (broad SMARTS) is 1. The van der Waals surface area contributed by atoms with Gasteiger partial charge in [-0.05, 0) is 70.1 Å². The van der Waals surface area contributed by atoms with Crippen molar-refractivity contribution in [2.45, 2.75) is 43.9 Å². The smallest absolute Gasteiger partial charge is 0.421 e. The topological polar surface area (TPSA) is 111 Å². The van der Waals surface area contributed by atoms with Gasteiger partial charge in [0.05, 0.1) is 5.92 Å². The number of aromatic nitrogens is 2. The maximum absolute atomic E-state index is 13.5. The molecule has 0 radical (unpaired) electrons. The molecule has 1 aliphatic heterocycles. The number of alkyl halides is 3. The molecule has 0 atom stereocenters. The Bertz CT molecular complexity index is 1100. The molecule has 12 heteroatoms. The van der Waals surface area contributed by atoms with Crippen LogP contribution in [-0.4, -0.2) is 76.0 Å². The number of aliphatic carboxylic acids is 1. The highest BCUT2D eigenvalue weighted by atomic mass is 19.4. The predicted octanol–water partition coefficient (Wildman–Crippen LogP) is 3.68. The number of piperidine rings is 1. The lowest BCUT2D eigenvalue weighted by Crippen LogP contribution is -2.44. The van der Waals surface area contributed by atoms with E-state index >= 15 is 0 Å². The standard InChI is InChI=1S/C24H29F3N6O3/c1-32-9-7-18(8-10-32)33(2)21(34)14-3-5-16(6-4-14)30-23-28-13-19(24(25,26)27)20(31-23)29-17-11-15(12-17)22(35)36/h3-6,13,15,17-18H,7-12H2,1-2H3,(H,35,36)(H2,28,29,30,31). The molecule has 1 saturated heterocycles. The Morgan fingerprint density at radius 2 is 1.78 bits per heavy atom. The fourth-order valence-corrected chi connectivity index (χ4v) is 4.47. The van der Waals surface area contributed by atoms with Gasteiger partial charge in [-0.2, -0.15) is 18.2 Å². The van der Waals surface area contributed by atoms with Crippen LogP contribution in [0.3, 0.4) is 0 Å². The van der Waals surface area contributed by atoms with E-state index in [0.29, 0.717) is 17.4 Å². The molecule has 1 aliphatic carbocycles. The van der Waals surface area contributed by atoms with Crippen molar-refractivity contribution in [2.75, 3.05) is 37.8 Å². The summed E-state index contributed by atoms with van der Waals surface area (Å²) in [6, 6.07) is 6.36. The Morgan fingerprint density at radius 3 is 2.36 bits per heavy atom. The number of nitrogens with one attached hydrogen (secondary N) is 2. The van der Waals surface area contributed by atoms with Gasteiger partial charge in [-0.3, -0.25) is 9.59 Å². The second-order valence-corrected chi connectivity index (χ2v) is 9.45. The molecule has 3 N–H and O–H groups in total. The number of hydrogen-bond acceptors (Lipinski definition) is 7. The second-order valence-electron chi connectivity index (χ2n) is 9.45. The van der Waals surface area contributed by atoms with E-state index in [-0.39, 0.29) is 30.7 Å². The summed E-state index contributed by atoms with van der Waals surface area (Å²) in [5.74, 6) is -2.08. The van der Waals surface area contributed by atoms with Gasteiger partial charge in [-0.25, -0.2) is 4.98 Å². The first-order valence-corrected chi connectivity index (χ1v) is 11.8. The summed E-state index contributed by atoms with van der Waals surface area (Å²) in [5, 5.41) is 14.6. The Hall–Kier alpha value is -3.41. The van der Waals surface area contributed by atoms with E-state index in [1.807, 2.05) is 0 Å². The molecule has 2 aromatic rings. The number of nitrogens with zero attached hydrogens (tertiary/aromatic N) is 4. The SMILES string of the molecule is CN1CCC(N(C)C(=O)c2ccc(Nc3ncc(C(F)(F)F)c(NC4CC(C(=O)O)C4)n3)cc2)CC1. The van der Waals surface area contributed by atoms with Crippen LogP contribution in [0.2, 0.25) is 0 Å². The lowest BCUT2D eigenvalue weighted by Gasteiger charge is -2.35. The zero-order chi connectivity index (χ0) is 26.0. The maximum Gasteiger partial charge on any atom is 0.421 e. The Kier molecular flexibility index (Phi) is 7.34. The zero-order valence-corrected chi connectivity index (χ0v) is 20.0. The molecule has 1 amide bonds. The summed E-state index contributed by atoms with van der Waals surface area (Å²) in [6.45, 7) is 1.88. The third kappa shape index (κ3) is 5.86. The van der Waals surface area contributed by atoms with Crippen LogP contribution in [0.25, 0.3) is 0 Å². The van der Waals surface area contributed by atoms with E-state index in [1.54, 1.807) is 36.2 Å². The molecular formula is C24H29F3N6O3. The average molecular weight is 507 g/mol. The second kappa shape index (κ2) is 10.3. The van der Waals surface area contributed by atoms with Gasteiger partial charge in [0.1, 0.15) is 11.4 Å². The average Bonchev–Trinajstić information content (AvgIpc) is 2.80. The van der Waals surface area contributed by atoms with Gasteiger partial charge in [-0.1, -0.05) is 0 Å². The van der Waals surface area contributed by atoms with Crippen molar-refractivity contribution >= 4 is 29.3 Å². The summed E-state index contributed by atoms with van der Waals surface area (Å²) in [5.41, 5.74) is -0.00542. The van der Waals surface area contributed by atoms with Gasteiger partial charge >= 0.3 is 12.1 Å². The van der Waals surface area contributed by atoms with Gasteiger partial charge in [0.2, 0.25) is 5.95 Å². The Morgan fingerprint density at radius 1 is 1.14 bits per heavy atom. The number of carbonyl (C=O) groups is 2. The van der Waals surface area contributed by atoms with E-state index in [1.165, 1.54) is 0 Å². The van der Waals surface area contributed by atoms with Crippen molar-refractivity contribution in [1.82, 2.24) is 19.8 Å². The molecule has 194 valence electrons. The van der Waals surface area contributed by atoms with Crippen molar-refractivity contribution in [2.24, 2.45) is 5.92 Å². The number of amides is 1. The molecule has 2 heterocycles. The van der Waals surface area contributed by atoms with E-state index in [2.05, 4.69) is 32.5 Å². The molecule has 1 aromatic heterocycles. The number of benzene rings is 1. The fourth-order valence-electron chi connectivity index (χ4n) is 4.47. The molecule has 2 fully saturated rings. The van der Waals surface area contributed by atoms with Gasteiger partial charge in [0.15, 0.2) is 0 Å². The van der Waals surface area contributed by atoms with Crippen LogP contribution in [0.1, 0.15) is 41.6 Å². The number of hydrogen-bond donors (Lipinski definition) is 3. The number of rotatable bonds is 7. The maximum atomic E-state index is 13.5. The number of carboxylic acids is 1. The van der Waals surface area contributed by atoms with Gasteiger partial charge < -0.3 is 25.5 Å². The Labute approximate surface area is 206 Å². The summed E-state index contributed by atoms with van der Waals surface area (Å²) < 4.78 is 40.4. The number of carbonyl (C=O) groups excluding carboxylic acids is 1. The molecule has 2 aliphatic rings. The van der Waals surface area contributed by atoms with Crippen molar-refractivity contribution in [3.05, 3.63) is 41.6 Å². The van der Waals surface area contributed by atoms with Crippen LogP contribution in [-0.2, 0) is 11.0 Å². The third-order valence-corrected chi connectivity index (χ3v) is 6.87. The van der Waals surface area contributed by atoms with Crippen LogP contribution in [0.4, 0.5) is 30.6 Å². The Balaban J connectivity index is 1.43. The van der Waals surface area contributed by atoms with Gasteiger partial charge in [-0.15, -0.1) is 0 Å². The lowest BCUT2D eigenvalue weighted by atomic mass is 9.80. The first-order chi connectivity index (χ1) is 17.0. The molecule has 4 rings (SSSR count). The van der Waals surface area contributed by atoms with Crippen molar-refractivity contribution < 1.29 is 27.9 Å².